The van der Waals surface area contributed by atoms with Gasteiger partial charge in [0.15, 0.2) is 0 Å². The maximum Gasteiger partial charge on any atom is 0.246 e. The Kier molecular flexibility index (Phi) is 7.69. The van der Waals surface area contributed by atoms with E-state index in [1.165, 1.54) is 4.31 Å². The number of nitrogens with one attached hydrogen (secondary N) is 1. The van der Waals surface area contributed by atoms with Crippen LogP contribution in [-0.4, -0.2) is 61.3 Å². The maximum absolute atomic E-state index is 13.1. The van der Waals surface area contributed by atoms with Gasteiger partial charge in [0.25, 0.3) is 0 Å². The maximum atomic E-state index is 13.1. The van der Waals surface area contributed by atoms with Gasteiger partial charge in [-0.1, -0.05) is 18.2 Å². The molecule has 1 N–H and O–H groups in total. The van der Waals surface area contributed by atoms with E-state index < -0.39 is 10.0 Å². The zero-order chi connectivity index (χ0) is 22.4. The third-order valence-corrected chi connectivity index (χ3v) is 7.33. The van der Waals surface area contributed by atoms with Crippen molar-refractivity contribution in [3.63, 3.8) is 0 Å². The quantitative estimate of drug-likeness (QED) is 0.623. The van der Waals surface area contributed by atoms with Crippen molar-refractivity contribution in [2.24, 2.45) is 0 Å². The summed E-state index contributed by atoms with van der Waals surface area (Å²) >= 11 is 0. The van der Waals surface area contributed by atoms with Gasteiger partial charge in [0.1, 0.15) is 10.6 Å². The normalized spacial score (nSPS) is 15.1. The minimum atomic E-state index is -3.64. The van der Waals surface area contributed by atoms with E-state index in [4.69, 9.17) is 9.47 Å². The third-order valence-electron chi connectivity index (χ3n) is 5.18. The van der Waals surface area contributed by atoms with E-state index in [-0.39, 0.29) is 17.2 Å². The predicted molar refractivity (Wildman–Crippen MR) is 115 cm³/mol. The average molecular weight is 451 g/mol. The average Bonchev–Trinajstić information content (AvgIpc) is 3.06. The monoisotopic (exact) mass is 450 g/mol. The molecule has 0 radical (unpaired) electrons. The highest BCUT2D eigenvalue weighted by molar-refractivity contribution is 7.89. The van der Waals surface area contributed by atoms with Gasteiger partial charge in [-0.25, -0.2) is 8.42 Å². The number of sulfonamides is 1. The molecule has 1 aliphatic rings. The molecule has 31 heavy (non-hydrogen) atoms. The van der Waals surface area contributed by atoms with Crippen molar-refractivity contribution in [1.29, 1.82) is 0 Å². The molecule has 170 valence electrons. The fourth-order valence-electron chi connectivity index (χ4n) is 3.62. The molecule has 3 rings (SSSR count). The Labute approximate surface area is 183 Å². The van der Waals surface area contributed by atoms with Gasteiger partial charge in [0, 0.05) is 31.6 Å². The molecule has 1 aromatic heterocycles. The number of hydrogen-bond donors (Lipinski definition) is 1. The molecule has 10 heteroatoms. The van der Waals surface area contributed by atoms with Crippen LogP contribution < -0.4 is 10.1 Å². The molecule has 0 bridgehead atoms. The number of para-hydroxylation sites is 1. The molecule has 2 heterocycles. The van der Waals surface area contributed by atoms with E-state index >= 15 is 0 Å². The van der Waals surface area contributed by atoms with E-state index in [1.54, 1.807) is 18.5 Å². The van der Waals surface area contributed by atoms with Gasteiger partial charge in [-0.3, -0.25) is 9.48 Å². The Hall–Kier alpha value is -2.43. The second kappa shape index (κ2) is 10.3. The Morgan fingerprint density at radius 3 is 2.65 bits per heavy atom. The van der Waals surface area contributed by atoms with Crippen LogP contribution in [0.5, 0.6) is 5.75 Å². The largest absolute Gasteiger partial charge is 0.494 e. The number of aryl methyl sites for hydroxylation is 2. The molecule has 9 nitrogen and oxygen atoms in total. The van der Waals surface area contributed by atoms with Crippen LogP contribution in [-0.2, 0) is 32.6 Å². The minimum absolute atomic E-state index is 0.142. The molecule has 2 aromatic rings. The fraction of sp³-hybridized carbons (Fsp3) is 0.524. The third kappa shape index (κ3) is 5.44. The van der Waals surface area contributed by atoms with Gasteiger partial charge in [0.05, 0.1) is 37.8 Å². The molecule has 1 amide bonds. The van der Waals surface area contributed by atoms with E-state index in [1.807, 2.05) is 31.2 Å². The van der Waals surface area contributed by atoms with Crippen LogP contribution in [0.4, 0.5) is 0 Å². The summed E-state index contributed by atoms with van der Waals surface area (Å²) in [4.78, 5) is 12.6. The predicted octanol–water partition coefficient (Wildman–Crippen LogP) is 1.63. The summed E-state index contributed by atoms with van der Waals surface area (Å²) in [6.07, 6.45) is 0.190. The van der Waals surface area contributed by atoms with Gasteiger partial charge in [0.2, 0.25) is 15.9 Å². The van der Waals surface area contributed by atoms with Crippen molar-refractivity contribution in [3.05, 3.63) is 41.2 Å². The van der Waals surface area contributed by atoms with Gasteiger partial charge in [-0.2, -0.15) is 9.40 Å². The summed E-state index contributed by atoms with van der Waals surface area (Å²) in [6.45, 7) is 7.97. The zero-order valence-electron chi connectivity index (χ0n) is 18.3. The molecular formula is C21H30N4O5S. The van der Waals surface area contributed by atoms with Crippen LogP contribution in [0.3, 0.4) is 0 Å². The Morgan fingerprint density at radius 2 is 1.94 bits per heavy atom. The number of aromatic nitrogens is 2. The molecule has 1 saturated heterocycles. The van der Waals surface area contributed by atoms with E-state index in [0.29, 0.717) is 57.4 Å². The van der Waals surface area contributed by atoms with E-state index in [2.05, 4.69) is 10.4 Å². The number of carbonyl (C=O) groups excluding carboxylic acids is 1. The lowest BCUT2D eigenvalue weighted by molar-refractivity contribution is -0.121. The fourth-order valence-corrected chi connectivity index (χ4v) is 5.40. The van der Waals surface area contributed by atoms with Gasteiger partial charge in [-0.15, -0.1) is 0 Å². The van der Waals surface area contributed by atoms with Crippen LogP contribution in [0, 0.1) is 13.8 Å². The lowest BCUT2D eigenvalue weighted by atomic mass is 10.2. The van der Waals surface area contributed by atoms with Crippen LogP contribution in [0.1, 0.15) is 30.3 Å². The molecule has 0 unspecified atom stereocenters. The summed E-state index contributed by atoms with van der Waals surface area (Å²) in [5.74, 6) is 0.609. The lowest BCUT2D eigenvalue weighted by Crippen LogP contribution is -2.41. The van der Waals surface area contributed by atoms with Crippen LogP contribution in [0.2, 0.25) is 0 Å². The van der Waals surface area contributed by atoms with Crippen molar-refractivity contribution in [2.75, 3.05) is 32.9 Å². The Morgan fingerprint density at radius 1 is 1.23 bits per heavy atom. The van der Waals surface area contributed by atoms with Crippen LogP contribution in [0.25, 0.3) is 0 Å². The second-order valence-electron chi connectivity index (χ2n) is 7.31. The molecule has 1 fully saturated rings. The Balaban J connectivity index is 1.62. The number of amides is 1. The first-order valence-electron chi connectivity index (χ1n) is 10.4. The second-order valence-corrected chi connectivity index (χ2v) is 9.18. The number of rotatable bonds is 9. The van der Waals surface area contributed by atoms with Crippen molar-refractivity contribution in [3.8, 4) is 5.75 Å². The molecule has 0 atom stereocenters. The highest BCUT2D eigenvalue weighted by atomic mass is 32.2. The smallest absolute Gasteiger partial charge is 0.246 e. The number of carbonyl (C=O) groups is 1. The molecule has 0 aliphatic carbocycles. The van der Waals surface area contributed by atoms with E-state index in [9.17, 15) is 13.2 Å². The summed E-state index contributed by atoms with van der Waals surface area (Å²) in [6, 6.07) is 7.57. The van der Waals surface area contributed by atoms with Crippen molar-refractivity contribution < 1.29 is 22.7 Å². The first-order chi connectivity index (χ1) is 14.8. The first-order valence-corrected chi connectivity index (χ1v) is 11.9. The number of morpholine rings is 1. The standard InChI is InChI=1S/C21H30N4O5S/c1-4-30-19-8-6-5-7-18(19)15-22-20(26)9-10-25-17(3)21(16(2)23-25)31(27,28)24-11-13-29-14-12-24/h5-8H,4,9-15H2,1-3H3,(H,22,26). The number of benzene rings is 1. The SMILES string of the molecule is CCOc1ccccc1CNC(=O)CCn1nc(C)c(S(=O)(=O)N2CCOCC2)c1C. The summed E-state index contributed by atoms with van der Waals surface area (Å²) < 4.78 is 40.0. The molecular weight excluding hydrogens is 420 g/mol. The van der Waals surface area contributed by atoms with Gasteiger partial charge >= 0.3 is 0 Å². The topological polar surface area (TPSA) is 103 Å². The minimum Gasteiger partial charge on any atom is -0.494 e. The summed E-state index contributed by atoms with van der Waals surface area (Å²) in [5.41, 5.74) is 1.89. The Bertz CT molecular complexity index is 1010. The number of ether oxygens (including phenoxy) is 2. The summed E-state index contributed by atoms with van der Waals surface area (Å²) in [7, 11) is -3.64. The number of nitrogens with zero attached hydrogens (tertiary/aromatic N) is 3. The van der Waals surface area contributed by atoms with Crippen molar-refractivity contribution in [2.45, 2.75) is 45.2 Å². The lowest BCUT2D eigenvalue weighted by Gasteiger charge is -2.26. The zero-order valence-corrected chi connectivity index (χ0v) is 19.1. The number of hydrogen-bond acceptors (Lipinski definition) is 6. The van der Waals surface area contributed by atoms with Crippen molar-refractivity contribution in [1.82, 2.24) is 19.4 Å². The van der Waals surface area contributed by atoms with Crippen LogP contribution >= 0.6 is 0 Å². The molecule has 1 aliphatic heterocycles. The highest BCUT2D eigenvalue weighted by Gasteiger charge is 2.32. The first kappa shape index (κ1) is 23.2. The molecule has 0 saturated carbocycles. The van der Waals surface area contributed by atoms with E-state index in [0.717, 1.165) is 11.3 Å². The summed E-state index contributed by atoms with van der Waals surface area (Å²) in [5, 5.41) is 7.27. The highest BCUT2D eigenvalue weighted by Crippen LogP contribution is 2.24. The van der Waals surface area contributed by atoms with Gasteiger partial charge in [-0.05, 0) is 26.8 Å². The molecule has 1 aromatic carbocycles. The van der Waals surface area contributed by atoms with Crippen LogP contribution in [0.15, 0.2) is 29.2 Å². The molecule has 0 spiro atoms. The van der Waals surface area contributed by atoms with Gasteiger partial charge < -0.3 is 14.8 Å². The van der Waals surface area contributed by atoms with Crippen molar-refractivity contribution >= 4 is 15.9 Å².